The molecule has 21 N–H and O–H groups in total. The van der Waals surface area contributed by atoms with Crippen LogP contribution in [0.15, 0.2) is 12.2 Å². The van der Waals surface area contributed by atoms with Crippen LogP contribution in [0.1, 0.15) is 52.4 Å². The van der Waals surface area contributed by atoms with Gasteiger partial charge in [-0.05, 0) is 26.7 Å². The van der Waals surface area contributed by atoms with Crippen molar-refractivity contribution < 1.29 is 142 Å². The number of hydrogen-bond acceptors (Lipinski definition) is 31. The van der Waals surface area contributed by atoms with Crippen LogP contribution in [-0.4, -0.2) is 324 Å². The normalized spacial score (nSPS) is 33.1. The zero-order valence-corrected chi connectivity index (χ0v) is 48.2. The molecule has 500 valence electrons. The van der Waals surface area contributed by atoms with Crippen molar-refractivity contribution in [3.05, 3.63) is 12.2 Å². The Morgan fingerprint density at radius 3 is 1.67 bits per heavy atom. The number of hydrogen-bond donors (Lipinski definition) is 19. The summed E-state index contributed by atoms with van der Waals surface area (Å²) in [6, 6.07) is -6.18. The van der Waals surface area contributed by atoms with Gasteiger partial charge in [0.1, 0.15) is 92.0 Å². The number of carboxylic acid groups (broad SMARTS) is 1. The Kier molecular flexibility index (Phi) is 36.1. The first-order valence-corrected chi connectivity index (χ1v) is 28.2. The van der Waals surface area contributed by atoms with Crippen molar-refractivity contribution >= 4 is 29.7 Å². The van der Waals surface area contributed by atoms with Crippen LogP contribution >= 0.6 is 0 Å². The van der Waals surface area contributed by atoms with Crippen LogP contribution in [0.2, 0.25) is 0 Å². The van der Waals surface area contributed by atoms with E-state index in [-0.39, 0.29) is 102 Å². The third-order valence-corrected chi connectivity index (χ3v) is 13.6. The van der Waals surface area contributed by atoms with E-state index in [0.717, 1.165) is 0 Å². The molecule has 3 amide bonds. The van der Waals surface area contributed by atoms with E-state index < -0.39 is 186 Å². The molecule has 4 rings (SSSR count). The lowest BCUT2D eigenvalue weighted by Crippen LogP contribution is -2.71. The Morgan fingerprint density at radius 1 is 0.581 bits per heavy atom. The van der Waals surface area contributed by atoms with E-state index in [1.165, 1.54) is 6.92 Å². The molecule has 4 fully saturated rings. The van der Waals surface area contributed by atoms with Crippen molar-refractivity contribution in [3.63, 3.8) is 0 Å². The standard InChI is InChI=1S/C44H79N5O25.C7H13NO4/c1-4-64-11-8-47-26(55)6-5-7-27(56)49-31-36(61)39(25(19-66-13-10-51)71-44(31)73-37-22(15-52)68-41(63)28(45)34(37)59)74-43-30(48-14-21(54)17-67-40(62)20(2)3)35(60)38(23(16-53)69-43)72-42-29(46)33(58)32(57)24(70-42)18-65-12-9-50;9-5-4-8-6(10)2-1-3-7(11)12/h21-25,28-39,41-44,48,50-54,57-61,63H,2,4-19,45-46H2,1,3H3,(H,47,55)(H,49,56);9H,1-5H2,(H,8,10)(H,11,12)/t21?,22?,23?,24?,25?,28?,29?,30?,31?,32-,33-,34-,35-,36-,37-,38-,39-,41-,42+,43+,44+;/m1./s1. The second-order valence-corrected chi connectivity index (χ2v) is 20.3. The number of carbonyl (C=O) groups is 5. The number of esters is 1. The molecule has 0 aromatic heterocycles. The number of aliphatic carboxylic acids is 1. The van der Waals surface area contributed by atoms with Crippen molar-refractivity contribution in [1.82, 2.24) is 21.3 Å². The largest absolute Gasteiger partial charge is 0.481 e. The van der Waals surface area contributed by atoms with E-state index >= 15 is 0 Å². The molecule has 4 aliphatic rings. The summed E-state index contributed by atoms with van der Waals surface area (Å²) in [6.45, 7) is 2.87. The van der Waals surface area contributed by atoms with Gasteiger partial charge in [0.15, 0.2) is 25.2 Å². The fourth-order valence-electron chi connectivity index (χ4n) is 9.01. The molecule has 4 heterocycles. The molecular weight excluding hydrogens is 1160 g/mol. The number of rotatable bonds is 37. The minimum atomic E-state index is -1.95. The minimum Gasteiger partial charge on any atom is -0.481 e. The SMILES string of the molecule is C=C(C)C(=O)OCC(O)CNC1[C@H](O[C@@H]2C(COCCO)O[C@@H](O[C@@H]3C(CO)O[C@@H](O)C(N)[C@H]3O)C(NC(=O)CCCC(=O)NCCOCC)[C@H]2O)OC(CO)[C@@H](O[C@@H]2OC(COCCO)[C@@H](O)[C@H](O)C2N)[C@@H]1O.O=C(O)CCCC(=O)NCCO. The average molecular weight is 1250 g/mol. The zero-order chi connectivity index (χ0) is 64.0. The van der Waals surface area contributed by atoms with Gasteiger partial charge >= 0.3 is 11.9 Å². The smallest absolute Gasteiger partial charge is 0.333 e. The number of amides is 3. The number of ether oxygens (including phenoxy) is 11. The number of aliphatic hydroxyl groups excluding tert-OH is 12. The van der Waals surface area contributed by atoms with E-state index in [1.54, 1.807) is 6.92 Å². The van der Waals surface area contributed by atoms with Crippen LogP contribution in [0, 0.1) is 0 Å². The van der Waals surface area contributed by atoms with Gasteiger partial charge in [-0.15, -0.1) is 0 Å². The molecule has 0 aromatic rings. The highest BCUT2D eigenvalue weighted by Crippen LogP contribution is 2.34. The first-order chi connectivity index (χ1) is 41.0. The molecular formula is C51H92N6O29. The molecule has 0 aromatic carbocycles. The van der Waals surface area contributed by atoms with Gasteiger partial charge in [0.05, 0.1) is 84.2 Å². The van der Waals surface area contributed by atoms with Crippen molar-refractivity contribution in [2.75, 3.05) is 98.9 Å². The Labute approximate surface area is 496 Å². The lowest BCUT2D eigenvalue weighted by molar-refractivity contribution is -0.362. The molecule has 86 heavy (non-hydrogen) atoms. The highest BCUT2D eigenvalue weighted by atomic mass is 16.8. The zero-order valence-electron chi connectivity index (χ0n) is 48.2. The second-order valence-electron chi connectivity index (χ2n) is 20.3. The third-order valence-electron chi connectivity index (χ3n) is 13.6. The summed E-state index contributed by atoms with van der Waals surface area (Å²) in [6.07, 6.45) is -27.6. The third kappa shape index (κ3) is 24.8. The maximum atomic E-state index is 13.7. The number of carboxylic acids is 1. The van der Waals surface area contributed by atoms with Crippen molar-refractivity contribution in [2.45, 2.75) is 181 Å². The van der Waals surface area contributed by atoms with Crippen LogP contribution in [0.3, 0.4) is 0 Å². The van der Waals surface area contributed by atoms with Crippen LogP contribution in [0.4, 0.5) is 0 Å². The molecule has 35 nitrogen and oxygen atoms in total. The Bertz CT molecular complexity index is 1990. The lowest BCUT2D eigenvalue weighted by Gasteiger charge is -2.51. The van der Waals surface area contributed by atoms with Gasteiger partial charge in [-0.25, -0.2) is 4.79 Å². The van der Waals surface area contributed by atoms with E-state index in [9.17, 15) is 80.1 Å². The van der Waals surface area contributed by atoms with Crippen LogP contribution in [-0.2, 0) is 76.1 Å². The molecule has 0 aliphatic carbocycles. The van der Waals surface area contributed by atoms with Crippen LogP contribution in [0.5, 0.6) is 0 Å². The van der Waals surface area contributed by atoms with E-state index in [0.29, 0.717) is 13.0 Å². The van der Waals surface area contributed by atoms with Crippen LogP contribution in [0.25, 0.3) is 0 Å². The monoisotopic (exact) mass is 1250 g/mol. The van der Waals surface area contributed by atoms with Crippen molar-refractivity contribution in [3.8, 4) is 0 Å². The van der Waals surface area contributed by atoms with E-state index in [4.69, 9.17) is 73.8 Å². The summed E-state index contributed by atoms with van der Waals surface area (Å²) < 4.78 is 63.5. The number of nitrogens with two attached hydrogens (primary N) is 2. The second kappa shape index (κ2) is 40.7. The topological polar surface area (TPSA) is 550 Å². The quantitative estimate of drug-likeness (QED) is 0.0156. The minimum absolute atomic E-state index is 0.00649. The van der Waals surface area contributed by atoms with Gasteiger partial charge in [0.2, 0.25) is 17.7 Å². The van der Waals surface area contributed by atoms with Crippen molar-refractivity contribution in [1.29, 1.82) is 0 Å². The highest BCUT2D eigenvalue weighted by Gasteiger charge is 2.56. The Balaban J connectivity index is 0.00000144. The average Bonchev–Trinajstić information content (AvgIpc) is 0.974. The Hall–Kier alpha value is -3.91. The summed E-state index contributed by atoms with van der Waals surface area (Å²) in [4.78, 5) is 59.0. The summed E-state index contributed by atoms with van der Waals surface area (Å²) in [5.74, 6) is -3.05. The van der Waals surface area contributed by atoms with Gasteiger partial charge in [-0.1, -0.05) is 6.58 Å². The van der Waals surface area contributed by atoms with Gasteiger partial charge in [-0.3, -0.25) is 19.2 Å². The fourth-order valence-corrected chi connectivity index (χ4v) is 9.01. The number of carbonyl (C=O) groups excluding carboxylic acids is 4. The number of nitrogens with one attached hydrogen (secondary N) is 4. The van der Waals surface area contributed by atoms with Gasteiger partial charge in [0.25, 0.3) is 0 Å². The summed E-state index contributed by atoms with van der Waals surface area (Å²) in [7, 11) is 0. The molecule has 21 atom stereocenters. The first-order valence-electron chi connectivity index (χ1n) is 28.2. The molecule has 9 unspecified atom stereocenters. The maximum absolute atomic E-state index is 13.7. The number of aliphatic hydroxyl groups is 12. The first kappa shape index (κ1) is 76.3. The molecule has 0 radical (unpaired) electrons. The molecule has 0 spiro atoms. The van der Waals surface area contributed by atoms with Gasteiger partial charge in [-0.2, -0.15) is 0 Å². The lowest BCUT2D eigenvalue weighted by atomic mass is 9.93. The van der Waals surface area contributed by atoms with E-state index in [2.05, 4.69) is 27.8 Å². The Morgan fingerprint density at radius 2 is 1.09 bits per heavy atom. The molecule has 4 aliphatic heterocycles. The van der Waals surface area contributed by atoms with Gasteiger partial charge in [0, 0.05) is 57.5 Å². The fraction of sp³-hybridized carbons (Fsp3) is 0.863. The van der Waals surface area contributed by atoms with Gasteiger partial charge < -0.3 is 151 Å². The molecule has 0 saturated carbocycles. The maximum Gasteiger partial charge on any atom is 0.333 e. The van der Waals surface area contributed by atoms with Crippen LogP contribution < -0.4 is 32.7 Å². The summed E-state index contributed by atoms with van der Waals surface area (Å²) >= 11 is 0. The molecule has 4 saturated heterocycles. The molecule has 35 heteroatoms. The van der Waals surface area contributed by atoms with Crippen molar-refractivity contribution in [2.24, 2.45) is 11.5 Å². The van der Waals surface area contributed by atoms with E-state index in [1.807, 2.05) is 0 Å². The predicted octanol–water partition coefficient (Wildman–Crippen LogP) is -9.91. The molecule has 0 bridgehead atoms. The highest BCUT2D eigenvalue weighted by molar-refractivity contribution is 5.87. The summed E-state index contributed by atoms with van der Waals surface area (Å²) in [5.41, 5.74) is 12.2. The predicted molar refractivity (Wildman–Crippen MR) is 288 cm³/mol. The summed E-state index contributed by atoms with van der Waals surface area (Å²) in [5, 5.41) is 145.